The summed E-state index contributed by atoms with van der Waals surface area (Å²) in [6, 6.07) is 11.4. The van der Waals surface area contributed by atoms with E-state index in [0.29, 0.717) is 16.4 Å². The topological polar surface area (TPSA) is 67.9 Å². The van der Waals surface area contributed by atoms with E-state index >= 15 is 0 Å². The summed E-state index contributed by atoms with van der Waals surface area (Å²) in [7, 11) is 0. The molecular formula is C16H16ClN3O2. The molecule has 0 N–H and O–H groups in total. The summed E-state index contributed by atoms with van der Waals surface area (Å²) in [5, 5.41) is 14.0. The van der Waals surface area contributed by atoms with E-state index in [2.05, 4.69) is 5.10 Å². The molecule has 2 aromatic rings. The fraction of sp³-hybridized carbons (Fsp3) is 0.312. The van der Waals surface area contributed by atoms with Crippen molar-refractivity contribution < 1.29 is 9.53 Å². The van der Waals surface area contributed by atoms with Crippen LogP contribution in [0.15, 0.2) is 30.3 Å². The summed E-state index contributed by atoms with van der Waals surface area (Å²) in [5.74, 6) is -1.42. The van der Waals surface area contributed by atoms with Gasteiger partial charge in [0, 0.05) is 12.0 Å². The molecule has 1 unspecified atom stereocenters. The maximum Gasteiger partial charge on any atom is 0.323 e. The molecule has 22 heavy (non-hydrogen) atoms. The zero-order valence-electron chi connectivity index (χ0n) is 12.4. The standard InChI is InChI=1S/C16H16ClN3O2/c1-3-22-16(21)12(10-18)9-14-11(2)19-20(15(14)17)13-7-5-4-6-8-13/h4-8,12H,3,9H2,1-2H3. The number of esters is 1. The number of carbonyl (C=O) groups is 1. The van der Waals surface area contributed by atoms with E-state index in [1.54, 1.807) is 18.5 Å². The lowest BCUT2D eigenvalue weighted by atomic mass is 10.0. The van der Waals surface area contributed by atoms with Gasteiger partial charge in [-0.1, -0.05) is 29.8 Å². The highest BCUT2D eigenvalue weighted by Gasteiger charge is 2.24. The second-order valence-corrected chi connectivity index (χ2v) is 5.10. The van der Waals surface area contributed by atoms with Crippen molar-refractivity contribution in [2.45, 2.75) is 20.3 Å². The highest BCUT2D eigenvalue weighted by Crippen LogP contribution is 2.26. The summed E-state index contributed by atoms with van der Waals surface area (Å²) in [4.78, 5) is 11.8. The Morgan fingerprint density at radius 3 is 2.73 bits per heavy atom. The second kappa shape index (κ2) is 7.10. The molecule has 0 amide bonds. The number of nitriles is 1. The van der Waals surface area contributed by atoms with Crippen molar-refractivity contribution in [2.75, 3.05) is 6.61 Å². The van der Waals surface area contributed by atoms with Crippen LogP contribution in [-0.2, 0) is 16.0 Å². The Kier molecular flexibility index (Phi) is 5.18. The van der Waals surface area contributed by atoms with Gasteiger partial charge in [-0.25, -0.2) is 4.68 Å². The van der Waals surface area contributed by atoms with E-state index in [1.807, 2.05) is 36.4 Å². The Hall–Kier alpha value is -2.32. The van der Waals surface area contributed by atoms with Crippen LogP contribution in [0.25, 0.3) is 5.69 Å². The molecule has 0 aliphatic rings. The van der Waals surface area contributed by atoms with Crippen LogP contribution in [0.5, 0.6) is 0 Å². The largest absolute Gasteiger partial charge is 0.465 e. The average molecular weight is 318 g/mol. The second-order valence-electron chi connectivity index (χ2n) is 4.74. The Balaban J connectivity index is 2.31. The van der Waals surface area contributed by atoms with Crippen LogP contribution in [0.4, 0.5) is 0 Å². The first-order valence-electron chi connectivity index (χ1n) is 6.94. The summed E-state index contributed by atoms with van der Waals surface area (Å²) in [6.07, 6.45) is 0.187. The number of aryl methyl sites for hydroxylation is 1. The maximum atomic E-state index is 11.8. The maximum absolute atomic E-state index is 11.8. The van der Waals surface area contributed by atoms with Crippen molar-refractivity contribution in [1.82, 2.24) is 9.78 Å². The monoisotopic (exact) mass is 317 g/mol. The Morgan fingerprint density at radius 1 is 1.45 bits per heavy atom. The number of benzene rings is 1. The molecule has 0 saturated carbocycles. The third kappa shape index (κ3) is 3.29. The van der Waals surface area contributed by atoms with Gasteiger partial charge in [0.05, 0.1) is 24.1 Å². The number of aromatic nitrogens is 2. The molecule has 114 valence electrons. The molecule has 0 aliphatic carbocycles. The number of halogens is 1. The van der Waals surface area contributed by atoms with Crippen molar-refractivity contribution in [3.63, 3.8) is 0 Å². The molecular weight excluding hydrogens is 302 g/mol. The quantitative estimate of drug-likeness (QED) is 0.795. The first-order chi connectivity index (χ1) is 10.6. The van der Waals surface area contributed by atoms with Gasteiger partial charge in [-0.05, 0) is 26.0 Å². The minimum atomic E-state index is -0.885. The Bertz CT molecular complexity index is 704. The van der Waals surface area contributed by atoms with E-state index < -0.39 is 11.9 Å². The van der Waals surface area contributed by atoms with Crippen LogP contribution in [0.2, 0.25) is 5.15 Å². The molecule has 1 aromatic carbocycles. The van der Waals surface area contributed by atoms with Gasteiger partial charge in [0.1, 0.15) is 11.1 Å². The lowest BCUT2D eigenvalue weighted by molar-refractivity contribution is -0.145. The number of hydrogen-bond acceptors (Lipinski definition) is 4. The zero-order valence-corrected chi connectivity index (χ0v) is 13.2. The number of nitrogens with zero attached hydrogens (tertiary/aromatic N) is 3. The predicted molar refractivity (Wildman–Crippen MR) is 82.8 cm³/mol. The van der Waals surface area contributed by atoms with E-state index in [0.717, 1.165) is 5.69 Å². The first-order valence-corrected chi connectivity index (χ1v) is 7.32. The van der Waals surface area contributed by atoms with Crippen molar-refractivity contribution in [3.05, 3.63) is 46.7 Å². The summed E-state index contributed by atoms with van der Waals surface area (Å²) in [5.41, 5.74) is 2.20. The van der Waals surface area contributed by atoms with E-state index in [4.69, 9.17) is 21.6 Å². The molecule has 2 rings (SSSR count). The summed E-state index contributed by atoms with van der Waals surface area (Å²) in [6.45, 7) is 3.76. The summed E-state index contributed by atoms with van der Waals surface area (Å²) < 4.78 is 6.51. The zero-order chi connectivity index (χ0) is 16.1. The van der Waals surface area contributed by atoms with E-state index in [1.165, 1.54) is 0 Å². The molecule has 0 aliphatic heterocycles. The molecule has 5 nitrogen and oxygen atoms in total. The van der Waals surface area contributed by atoms with Crippen LogP contribution in [0, 0.1) is 24.2 Å². The molecule has 0 radical (unpaired) electrons. The fourth-order valence-corrected chi connectivity index (χ4v) is 2.48. The van der Waals surface area contributed by atoms with Crippen molar-refractivity contribution in [1.29, 1.82) is 5.26 Å². The molecule has 0 saturated heterocycles. The Morgan fingerprint density at radius 2 is 2.14 bits per heavy atom. The van der Waals surface area contributed by atoms with Crippen LogP contribution < -0.4 is 0 Å². The molecule has 1 heterocycles. The lowest BCUT2D eigenvalue weighted by Crippen LogP contribution is -2.18. The van der Waals surface area contributed by atoms with Gasteiger partial charge in [0.15, 0.2) is 0 Å². The van der Waals surface area contributed by atoms with Gasteiger partial charge in [0.2, 0.25) is 0 Å². The normalized spacial score (nSPS) is 11.7. The fourth-order valence-electron chi connectivity index (χ4n) is 2.13. The Labute approximate surface area is 134 Å². The lowest BCUT2D eigenvalue weighted by Gasteiger charge is -2.08. The molecule has 0 spiro atoms. The number of para-hydroxylation sites is 1. The smallest absolute Gasteiger partial charge is 0.323 e. The van der Waals surface area contributed by atoms with Gasteiger partial charge >= 0.3 is 5.97 Å². The molecule has 6 heteroatoms. The molecule has 1 aromatic heterocycles. The summed E-state index contributed by atoms with van der Waals surface area (Å²) >= 11 is 6.39. The van der Waals surface area contributed by atoms with Gasteiger partial charge in [-0.15, -0.1) is 0 Å². The number of hydrogen-bond donors (Lipinski definition) is 0. The molecule has 0 bridgehead atoms. The number of rotatable bonds is 5. The number of ether oxygens (including phenoxy) is 1. The minimum absolute atomic E-state index is 0.187. The highest BCUT2D eigenvalue weighted by atomic mass is 35.5. The van der Waals surface area contributed by atoms with E-state index in [9.17, 15) is 4.79 Å². The van der Waals surface area contributed by atoms with Crippen molar-refractivity contribution in [2.24, 2.45) is 5.92 Å². The van der Waals surface area contributed by atoms with Crippen LogP contribution >= 0.6 is 11.6 Å². The molecule has 0 fully saturated rings. The SMILES string of the molecule is CCOC(=O)C(C#N)Cc1c(C)nn(-c2ccccc2)c1Cl. The van der Waals surface area contributed by atoms with Gasteiger partial charge < -0.3 is 4.74 Å². The van der Waals surface area contributed by atoms with Crippen LogP contribution in [0.3, 0.4) is 0 Å². The van der Waals surface area contributed by atoms with Gasteiger partial charge in [-0.2, -0.15) is 10.4 Å². The van der Waals surface area contributed by atoms with Gasteiger partial charge in [-0.3, -0.25) is 4.79 Å². The average Bonchev–Trinajstić information content (AvgIpc) is 2.81. The highest BCUT2D eigenvalue weighted by molar-refractivity contribution is 6.30. The first kappa shape index (κ1) is 16.1. The van der Waals surface area contributed by atoms with Crippen LogP contribution in [0.1, 0.15) is 18.2 Å². The minimum Gasteiger partial charge on any atom is -0.465 e. The van der Waals surface area contributed by atoms with Crippen LogP contribution in [-0.4, -0.2) is 22.4 Å². The molecule has 1 atom stereocenters. The van der Waals surface area contributed by atoms with Crippen molar-refractivity contribution in [3.8, 4) is 11.8 Å². The predicted octanol–water partition coefficient (Wildman–Crippen LogP) is 3.08. The third-order valence-electron chi connectivity index (χ3n) is 3.26. The number of carbonyl (C=O) groups excluding carboxylic acids is 1. The van der Waals surface area contributed by atoms with Gasteiger partial charge in [0.25, 0.3) is 0 Å². The van der Waals surface area contributed by atoms with E-state index in [-0.39, 0.29) is 13.0 Å². The third-order valence-corrected chi connectivity index (χ3v) is 3.65. The van der Waals surface area contributed by atoms with Crippen molar-refractivity contribution >= 4 is 17.6 Å².